The zero-order chi connectivity index (χ0) is 14.5. The first-order chi connectivity index (χ1) is 9.65. The van der Waals surface area contributed by atoms with E-state index in [1.165, 1.54) is 30.1 Å². The molecule has 1 unspecified atom stereocenters. The molecule has 0 radical (unpaired) electrons. The Kier molecular flexibility index (Phi) is 5.08. The number of aromatic nitrogens is 2. The topological polar surface area (TPSA) is 46.9 Å². The SMILES string of the molecule is C#CC(CCC)Nc1c(Cl)cnn(CC2CCC2)c1=O. The highest BCUT2D eigenvalue weighted by Gasteiger charge is 2.20. The largest absolute Gasteiger partial charge is 0.366 e. The molecule has 0 amide bonds. The van der Waals surface area contributed by atoms with Crippen LogP contribution in [0.4, 0.5) is 5.69 Å². The normalized spacial score (nSPS) is 16.2. The average molecular weight is 294 g/mol. The summed E-state index contributed by atoms with van der Waals surface area (Å²) in [5, 5.41) is 7.52. The van der Waals surface area contributed by atoms with Crippen LogP contribution in [-0.4, -0.2) is 15.8 Å². The van der Waals surface area contributed by atoms with Crippen molar-refractivity contribution >= 4 is 17.3 Å². The molecular weight excluding hydrogens is 274 g/mol. The molecule has 1 aliphatic rings. The number of nitrogens with zero attached hydrogens (tertiary/aromatic N) is 2. The second-order valence-corrected chi connectivity index (χ2v) is 5.71. The number of nitrogens with one attached hydrogen (secondary N) is 1. The van der Waals surface area contributed by atoms with Crippen LogP contribution in [0.3, 0.4) is 0 Å². The molecule has 1 N–H and O–H groups in total. The highest BCUT2D eigenvalue weighted by Crippen LogP contribution is 2.27. The fraction of sp³-hybridized carbons (Fsp3) is 0.600. The molecule has 0 aromatic carbocycles. The molecule has 0 bridgehead atoms. The molecule has 0 saturated heterocycles. The van der Waals surface area contributed by atoms with Gasteiger partial charge in [-0.05, 0) is 25.2 Å². The molecule has 2 rings (SSSR count). The van der Waals surface area contributed by atoms with Gasteiger partial charge in [0.15, 0.2) is 0 Å². The lowest BCUT2D eigenvalue weighted by atomic mass is 9.85. The zero-order valence-electron chi connectivity index (χ0n) is 11.7. The zero-order valence-corrected chi connectivity index (χ0v) is 12.5. The molecule has 1 fully saturated rings. The summed E-state index contributed by atoms with van der Waals surface area (Å²) in [4.78, 5) is 12.4. The van der Waals surface area contributed by atoms with Gasteiger partial charge in [0.25, 0.3) is 5.56 Å². The first-order valence-corrected chi connectivity index (χ1v) is 7.51. The van der Waals surface area contributed by atoms with Crippen LogP contribution < -0.4 is 10.9 Å². The van der Waals surface area contributed by atoms with Crippen molar-refractivity contribution < 1.29 is 0 Å². The van der Waals surface area contributed by atoms with E-state index in [0.29, 0.717) is 23.2 Å². The van der Waals surface area contributed by atoms with Crippen LogP contribution in [0.5, 0.6) is 0 Å². The summed E-state index contributed by atoms with van der Waals surface area (Å²) in [6.45, 7) is 2.72. The molecule has 1 saturated carbocycles. The Balaban J connectivity index is 2.20. The Hall–Kier alpha value is -1.47. The summed E-state index contributed by atoms with van der Waals surface area (Å²) in [5.41, 5.74) is 0.193. The van der Waals surface area contributed by atoms with Crippen molar-refractivity contribution in [2.75, 3.05) is 5.32 Å². The Labute approximate surface area is 124 Å². The summed E-state index contributed by atoms with van der Waals surface area (Å²) < 4.78 is 1.50. The minimum atomic E-state index is -0.180. The van der Waals surface area contributed by atoms with Crippen LogP contribution in [-0.2, 0) is 6.54 Å². The van der Waals surface area contributed by atoms with Gasteiger partial charge in [-0.15, -0.1) is 6.42 Å². The van der Waals surface area contributed by atoms with Gasteiger partial charge in [0, 0.05) is 6.54 Å². The van der Waals surface area contributed by atoms with Gasteiger partial charge in [0.2, 0.25) is 0 Å². The van der Waals surface area contributed by atoms with E-state index in [9.17, 15) is 4.79 Å². The summed E-state index contributed by atoms with van der Waals surface area (Å²) in [5.74, 6) is 3.21. The lowest BCUT2D eigenvalue weighted by Crippen LogP contribution is -2.32. The molecule has 1 aliphatic carbocycles. The van der Waals surface area contributed by atoms with Crippen molar-refractivity contribution in [2.45, 2.75) is 51.6 Å². The van der Waals surface area contributed by atoms with E-state index in [1.807, 2.05) is 0 Å². The highest BCUT2D eigenvalue weighted by atomic mass is 35.5. The molecule has 5 heteroatoms. The number of hydrogen-bond donors (Lipinski definition) is 1. The molecule has 1 aromatic rings. The van der Waals surface area contributed by atoms with Gasteiger partial charge in [-0.2, -0.15) is 5.10 Å². The van der Waals surface area contributed by atoms with Gasteiger partial charge in [-0.3, -0.25) is 4.79 Å². The van der Waals surface area contributed by atoms with Gasteiger partial charge in [0.1, 0.15) is 5.69 Å². The Morgan fingerprint density at radius 1 is 1.65 bits per heavy atom. The maximum Gasteiger partial charge on any atom is 0.291 e. The molecule has 108 valence electrons. The van der Waals surface area contributed by atoms with Crippen molar-refractivity contribution in [3.8, 4) is 12.3 Å². The maximum atomic E-state index is 12.4. The molecule has 4 nitrogen and oxygen atoms in total. The quantitative estimate of drug-likeness (QED) is 0.820. The third-order valence-corrected chi connectivity index (χ3v) is 4.04. The predicted molar refractivity (Wildman–Crippen MR) is 82.0 cm³/mol. The van der Waals surface area contributed by atoms with Crippen molar-refractivity contribution in [1.29, 1.82) is 0 Å². The standard InChI is InChI=1S/C15H20ClN3O/c1-3-6-12(4-2)18-14-13(16)9-17-19(15(14)20)10-11-7-5-8-11/h2,9,11-12,18H,3,5-8,10H2,1H3. The van der Waals surface area contributed by atoms with E-state index in [4.69, 9.17) is 18.0 Å². The van der Waals surface area contributed by atoms with E-state index in [2.05, 4.69) is 23.3 Å². The van der Waals surface area contributed by atoms with Gasteiger partial charge in [-0.25, -0.2) is 4.68 Å². The number of anilines is 1. The lowest BCUT2D eigenvalue weighted by Gasteiger charge is -2.25. The molecule has 0 spiro atoms. The molecule has 1 heterocycles. The predicted octanol–water partition coefficient (Wildman–Crippen LogP) is 2.91. The second-order valence-electron chi connectivity index (χ2n) is 5.30. The fourth-order valence-electron chi connectivity index (χ4n) is 2.31. The van der Waals surface area contributed by atoms with Crippen molar-refractivity contribution in [1.82, 2.24) is 9.78 Å². The van der Waals surface area contributed by atoms with Crippen molar-refractivity contribution in [2.24, 2.45) is 5.92 Å². The summed E-state index contributed by atoms with van der Waals surface area (Å²) in [7, 11) is 0. The molecule has 1 atom stereocenters. The number of rotatable bonds is 6. The highest BCUT2D eigenvalue weighted by molar-refractivity contribution is 6.33. The van der Waals surface area contributed by atoms with Crippen LogP contribution in [0.2, 0.25) is 5.02 Å². The third kappa shape index (κ3) is 3.34. The van der Waals surface area contributed by atoms with E-state index >= 15 is 0 Å². The van der Waals surface area contributed by atoms with Gasteiger partial charge >= 0.3 is 0 Å². The number of halogens is 1. The number of terminal acetylenes is 1. The molecular formula is C15H20ClN3O. The summed E-state index contributed by atoms with van der Waals surface area (Å²) in [6, 6.07) is -0.176. The Morgan fingerprint density at radius 2 is 2.40 bits per heavy atom. The molecule has 20 heavy (non-hydrogen) atoms. The minimum Gasteiger partial charge on any atom is -0.366 e. The van der Waals surface area contributed by atoms with E-state index < -0.39 is 0 Å². The van der Waals surface area contributed by atoms with Gasteiger partial charge < -0.3 is 5.32 Å². The summed E-state index contributed by atoms with van der Waals surface area (Å²) in [6.07, 6.45) is 12.3. The number of hydrogen-bond acceptors (Lipinski definition) is 3. The van der Waals surface area contributed by atoms with E-state index in [-0.39, 0.29) is 11.6 Å². The lowest BCUT2D eigenvalue weighted by molar-refractivity contribution is 0.262. The van der Waals surface area contributed by atoms with Crippen LogP contribution in [0, 0.1) is 18.3 Å². The van der Waals surface area contributed by atoms with Gasteiger partial charge in [0.05, 0.1) is 17.3 Å². The van der Waals surface area contributed by atoms with Crippen molar-refractivity contribution in [3.05, 3.63) is 21.6 Å². The monoisotopic (exact) mass is 293 g/mol. The van der Waals surface area contributed by atoms with Crippen molar-refractivity contribution in [3.63, 3.8) is 0 Å². The van der Waals surface area contributed by atoms with Crippen LogP contribution in [0.1, 0.15) is 39.0 Å². The van der Waals surface area contributed by atoms with Gasteiger partial charge in [-0.1, -0.05) is 37.3 Å². The second kappa shape index (κ2) is 6.81. The van der Waals surface area contributed by atoms with E-state index in [1.54, 1.807) is 0 Å². The van der Waals surface area contributed by atoms with Crippen LogP contribution in [0.15, 0.2) is 11.0 Å². The Morgan fingerprint density at radius 3 is 2.95 bits per heavy atom. The van der Waals surface area contributed by atoms with Crippen LogP contribution in [0.25, 0.3) is 0 Å². The smallest absolute Gasteiger partial charge is 0.291 e. The maximum absolute atomic E-state index is 12.4. The average Bonchev–Trinajstić information content (AvgIpc) is 2.39. The van der Waals surface area contributed by atoms with Crippen LogP contribution >= 0.6 is 11.6 Å². The van der Waals surface area contributed by atoms with E-state index in [0.717, 1.165) is 12.8 Å². The summed E-state index contributed by atoms with van der Waals surface area (Å²) >= 11 is 6.08. The fourth-order valence-corrected chi connectivity index (χ4v) is 2.49. The molecule has 1 aromatic heterocycles. The Bertz CT molecular complexity index is 557. The first-order valence-electron chi connectivity index (χ1n) is 7.14. The third-order valence-electron chi connectivity index (χ3n) is 3.75. The molecule has 0 aliphatic heterocycles. The minimum absolute atomic E-state index is 0.176. The first kappa shape index (κ1) is 14.9.